The van der Waals surface area contributed by atoms with Crippen LogP contribution >= 0.6 is 23.2 Å². The number of aryl methyl sites for hydroxylation is 1. The number of benzene rings is 2. The molecule has 3 N–H and O–H groups in total. The molecule has 104 valence electrons. The van der Waals surface area contributed by atoms with Crippen LogP contribution in [-0.4, -0.2) is 5.91 Å². The summed E-state index contributed by atoms with van der Waals surface area (Å²) in [5, 5.41) is 2.80. The first kappa shape index (κ1) is 14.6. The Morgan fingerprint density at radius 1 is 1.25 bits per heavy atom. The molecule has 0 aliphatic carbocycles. The number of rotatable bonds is 2. The molecule has 2 rings (SSSR count). The third-order valence-electron chi connectivity index (χ3n) is 2.79. The lowest BCUT2D eigenvalue weighted by Crippen LogP contribution is -2.14. The van der Waals surface area contributed by atoms with Crippen molar-refractivity contribution in [1.82, 2.24) is 0 Å². The Labute approximate surface area is 125 Å². The van der Waals surface area contributed by atoms with E-state index in [0.29, 0.717) is 16.4 Å². The normalized spacial score (nSPS) is 10.4. The van der Waals surface area contributed by atoms with Crippen LogP contribution in [0, 0.1) is 12.7 Å². The van der Waals surface area contributed by atoms with E-state index in [1.54, 1.807) is 13.0 Å². The second-order valence-corrected chi connectivity index (χ2v) is 5.06. The molecule has 0 heterocycles. The fraction of sp³-hybridized carbons (Fsp3) is 0.0714. The monoisotopic (exact) mass is 312 g/mol. The third kappa shape index (κ3) is 2.86. The van der Waals surface area contributed by atoms with E-state index in [2.05, 4.69) is 5.32 Å². The number of hydrogen-bond acceptors (Lipinski definition) is 2. The zero-order chi connectivity index (χ0) is 14.9. The van der Waals surface area contributed by atoms with Gasteiger partial charge < -0.3 is 11.1 Å². The predicted octanol–water partition coefficient (Wildman–Crippen LogP) is 4.28. The summed E-state index contributed by atoms with van der Waals surface area (Å²) in [6, 6.07) is 7.38. The summed E-state index contributed by atoms with van der Waals surface area (Å²) in [5.41, 5.74) is 7.12. The first-order valence-electron chi connectivity index (χ1n) is 5.71. The van der Waals surface area contributed by atoms with Crippen LogP contribution in [-0.2, 0) is 0 Å². The molecule has 0 aliphatic rings. The van der Waals surface area contributed by atoms with E-state index in [9.17, 15) is 9.18 Å². The summed E-state index contributed by atoms with van der Waals surface area (Å²) in [5.74, 6) is -1.36. The van der Waals surface area contributed by atoms with Gasteiger partial charge in [0.15, 0.2) is 5.82 Å². The number of nitrogens with two attached hydrogens (primary N) is 1. The molecule has 0 bridgehead atoms. The molecule has 6 heteroatoms. The van der Waals surface area contributed by atoms with E-state index in [1.807, 2.05) is 0 Å². The quantitative estimate of drug-likeness (QED) is 0.813. The van der Waals surface area contributed by atoms with Crippen molar-refractivity contribution in [3.8, 4) is 0 Å². The Morgan fingerprint density at radius 3 is 2.65 bits per heavy atom. The van der Waals surface area contributed by atoms with E-state index < -0.39 is 11.7 Å². The van der Waals surface area contributed by atoms with Crippen LogP contribution in [0.4, 0.5) is 15.8 Å². The number of hydrogen-bond donors (Lipinski definition) is 2. The molecule has 0 atom stereocenters. The highest BCUT2D eigenvalue weighted by atomic mass is 35.5. The SMILES string of the molecule is Cc1cc(N)c(Cl)cc1NC(=O)c1cccc(Cl)c1F. The molecule has 1 amide bonds. The molecular formula is C14H11Cl2FN2O. The second-order valence-electron chi connectivity index (χ2n) is 4.24. The van der Waals surface area contributed by atoms with Gasteiger partial charge in [0.2, 0.25) is 0 Å². The molecule has 0 radical (unpaired) electrons. The van der Waals surface area contributed by atoms with Gasteiger partial charge in [-0.05, 0) is 36.8 Å². The molecule has 3 nitrogen and oxygen atoms in total. The standard InChI is InChI=1S/C14H11Cl2FN2O/c1-7-5-11(18)10(16)6-12(7)19-14(20)8-3-2-4-9(15)13(8)17/h2-6H,18H2,1H3,(H,19,20). The Hall–Kier alpha value is -1.78. The Morgan fingerprint density at radius 2 is 1.95 bits per heavy atom. The van der Waals surface area contributed by atoms with Gasteiger partial charge >= 0.3 is 0 Å². The summed E-state index contributed by atoms with van der Waals surface area (Å²) < 4.78 is 13.8. The summed E-state index contributed by atoms with van der Waals surface area (Å²) in [4.78, 5) is 12.1. The van der Waals surface area contributed by atoms with Gasteiger partial charge in [-0.25, -0.2) is 4.39 Å². The van der Waals surface area contributed by atoms with Gasteiger partial charge in [0.05, 0.1) is 21.3 Å². The van der Waals surface area contributed by atoms with E-state index in [4.69, 9.17) is 28.9 Å². The Kier molecular flexibility index (Phi) is 4.16. The van der Waals surface area contributed by atoms with Crippen molar-refractivity contribution in [3.05, 3.63) is 57.3 Å². The highest BCUT2D eigenvalue weighted by molar-refractivity contribution is 6.33. The molecule has 0 aliphatic heterocycles. The van der Waals surface area contributed by atoms with Crippen LogP contribution < -0.4 is 11.1 Å². The summed E-state index contributed by atoms with van der Waals surface area (Å²) >= 11 is 11.5. The summed E-state index contributed by atoms with van der Waals surface area (Å²) in [6.45, 7) is 1.76. The zero-order valence-corrected chi connectivity index (χ0v) is 12.0. The number of nitrogens with one attached hydrogen (secondary N) is 1. The maximum absolute atomic E-state index is 13.8. The molecule has 0 fully saturated rings. The molecule has 20 heavy (non-hydrogen) atoms. The summed E-state index contributed by atoms with van der Waals surface area (Å²) in [6.07, 6.45) is 0. The number of nitrogen functional groups attached to an aromatic ring is 1. The minimum Gasteiger partial charge on any atom is -0.398 e. The molecule has 0 saturated carbocycles. The van der Waals surface area contributed by atoms with E-state index >= 15 is 0 Å². The maximum Gasteiger partial charge on any atom is 0.258 e. The lowest BCUT2D eigenvalue weighted by Gasteiger charge is -2.11. The van der Waals surface area contributed by atoms with Gasteiger partial charge in [0.25, 0.3) is 5.91 Å². The third-order valence-corrected chi connectivity index (χ3v) is 3.41. The molecule has 0 aromatic heterocycles. The van der Waals surface area contributed by atoms with Gasteiger partial charge in [-0.3, -0.25) is 4.79 Å². The summed E-state index contributed by atoms with van der Waals surface area (Å²) in [7, 11) is 0. The van der Waals surface area contributed by atoms with Gasteiger partial charge in [-0.15, -0.1) is 0 Å². The van der Waals surface area contributed by atoms with Crippen LogP contribution in [0.2, 0.25) is 10.0 Å². The first-order chi connectivity index (χ1) is 9.40. The number of carbonyl (C=O) groups is 1. The van der Waals surface area contributed by atoms with Crippen LogP contribution in [0.15, 0.2) is 30.3 Å². The average molecular weight is 313 g/mol. The van der Waals surface area contributed by atoms with Gasteiger partial charge in [0.1, 0.15) is 0 Å². The van der Waals surface area contributed by atoms with E-state index in [0.717, 1.165) is 5.56 Å². The van der Waals surface area contributed by atoms with Crippen LogP contribution in [0.3, 0.4) is 0 Å². The molecular weight excluding hydrogens is 302 g/mol. The van der Waals surface area contributed by atoms with Crippen molar-refractivity contribution in [2.75, 3.05) is 11.1 Å². The minimum absolute atomic E-state index is 0.107. The van der Waals surface area contributed by atoms with Crippen LogP contribution in [0.5, 0.6) is 0 Å². The molecule has 0 spiro atoms. The van der Waals surface area contributed by atoms with Gasteiger partial charge in [-0.1, -0.05) is 29.3 Å². The number of amides is 1. The largest absolute Gasteiger partial charge is 0.398 e. The highest BCUT2D eigenvalue weighted by Crippen LogP contribution is 2.27. The lowest BCUT2D eigenvalue weighted by atomic mass is 10.1. The number of carbonyl (C=O) groups excluding carboxylic acids is 1. The smallest absolute Gasteiger partial charge is 0.258 e. The highest BCUT2D eigenvalue weighted by Gasteiger charge is 2.15. The number of halogens is 3. The van der Waals surface area contributed by atoms with Crippen molar-refractivity contribution in [3.63, 3.8) is 0 Å². The van der Waals surface area contributed by atoms with Crippen molar-refractivity contribution in [2.45, 2.75) is 6.92 Å². The van der Waals surface area contributed by atoms with Gasteiger partial charge in [-0.2, -0.15) is 0 Å². The fourth-order valence-electron chi connectivity index (χ4n) is 1.71. The molecule has 2 aromatic rings. The molecule has 0 unspecified atom stereocenters. The fourth-order valence-corrected chi connectivity index (χ4v) is 2.05. The zero-order valence-electron chi connectivity index (χ0n) is 10.5. The maximum atomic E-state index is 13.8. The lowest BCUT2D eigenvalue weighted by molar-refractivity contribution is 0.102. The van der Waals surface area contributed by atoms with Crippen LogP contribution in [0.1, 0.15) is 15.9 Å². The first-order valence-corrected chi connectivity index (χ1v) is 6.46. The average Bonchev–Trinajstić information content (AvgIpc) is 2.39. The molecule has 2 aromatic carbocycles. The van der Waals surface area contributed by atoms with Crippen molar-refractivity contribution >= 4 is 40.5 Å². The Balaban J connectivity index is 2.33. The molecule has 0 saturated heterocycles. The topological polar surface area (TPSA) is 55.1 Å². The van der Waals surface area contributed by atoms with Crippen LogP contribution in [0.25, 0.3) is 0 Å². The minimum atomic E-state index is -0.758. The van der Waals surface area contributed by atoms with Crippen molar-refractivity contribution in [2.24, 2.45) is 0 Å². The van der Waals surface area contributed by atoms with Crippen molar-refractivity contribution in [1.29, 1.82) is 0 Å². The van der Waals surface area contributed by atoms with Gasteiger partial charge in [0, 0.05) is 5.69 Å². The number of anilines is 2. The van der Waals surface area contributed by atoms with Crippen molar-refractivity contribution < 1.29 is 9.18 Å². The van der Waals surface area contributed by atoms with E-state index in [-0.39, 0.29) is 10.6 Å². The predicted molar refractivity (Wildman–Crippen MR) is 80.0 cm³/mol. The second kappa shape index (κ2) is 5.69. The Bertz CT molecular complexity index is 689. The van der Waals surface area contributed by atoms with E-state index in [1.165, 1.54) is 24.3 Å².